The van der Waals surface area contributed by atoms with Crippen molar-refractivity contribution in [3.05, 3.63) is 29.8 Å². The molecule has 0 aliphatic carbocycles. The molecule has 0 radical (unpaired) electrons. The standard InChI is InChI=1S/C22H38N4O/c1-6-14-26-15-12-19(13-16-26)25-21(23-7-2)24-17-18-10-8-9-11-20(18)27-22(3,4)5/h8-11,19H,6-7,12-17H2,1-5H3,(H2,23,24,25). The Kier molecular flexibility index (Phi) is 8.42. The molecular weight excluding hydrogens is 336 g/mol. The third-order valence-corrected chi connectivity index (χ3v) is 4.61. The van der Waals surface area contributed by atoms with Gasteiger partial charge in [0.2, 0.25) is 0 Å². The Morgan fingerprint density at radius 2 is 1.89 bits per heavy atom. The van der Waals surface area contributed by atoms with Crippen molar-refractivity contribution in [3.63, 3.8) is 0 Å². The highest BCUT2D eigenvalue weighted by molar-refractivity contribution is 5.80. The monoisotopic (exact) mass is 374 g/mol. The number of nitrogens with one attached hydrogen (secondary N) is 2. The number of aliphatic imine (C=N–C) groups is 1. The van der Waals surface area contributed by atoms with Gasteiger partial charge in [-0.15, -0.1) is 0 Å². The van der Waals surface area contributed by atoms with Crippen molar-refractivity contribution in [1.29, 1.82) is 0 Å². The van der Waals surface area contributed by atoms with Gasteiger partial charge in [0.1, 0.15) is 11.4 Å². The lowest BCUT2D eigenvalue weighted by Crippen LogP contribution is -2.48. The topological polar surface area (TPSA) is 48.9 Å². The van der Waals surface area contributed by atoms with Crippen LogP contribution in [0.25, 0.3) is 0 Å². The molecule has 1 aromatic carbocycles. The van der Waals surface area contributed by atoms with Gasteiger partial charge in [-0.25, -0.2) is 4.99 Å². The first-order valence-corrected chi connectivity index (χ1v) is 10.5. The van der Waals surface area contributed by atoms with Crippen molar-refractivity contribution < 1.29 is 4.74 Å². The predicted octanol–water partition coefficient (Wildman–Crippen LogP) is 3.79. The molecule has 0 atom stereocenters. The summed E-state index contributed by atoms with van der Waals surface area (Å²) in [7, 11) is 0. The van der Waals surface area contributed by atoms with Crippen molar-refractivity contribution in [1.82, 2.24) is 15.5 Å². The largest absolute Gasteiger partial charge is 0.488 e. The molecule has 1 aliphatic rings. The van der Waals surface area contributed by atoms with E-state index in [9.17, 15) is 0 Å². The Labute approximate surface area is 165 Å². The van der Waals surface area contributed by atoms with Gasteiger partial charge in [0, 0.05) is 31.2 Å². The summed E-state index contributed by atoms with van der Waals surface area (Å²) in [5.41, 5.74) is 0.900. The molecule has 152 valence electrons. The number of hydrogen-bond acceptors (Lipinski definition) is 3. The first kappa shape index (κ1) is 21.5. The number of benzene rings is 1. The van der Waals surface area contributed by atoms with E-state index in [0.717, 1.165) is 23.8 Å². The fourth-order valence-corrected chi connectivity index (χ4v) is 3.36. The van der Waals surface area contributed by atoms with E-state index in [4.69, 9.17) is 9.73 Å². The lowest BCUT2D eigenvalue weighted by molar-refractivity contribution is 0.129. The molecule has 0 spiro atoms. The number of rotatable bonds is 7. The van der Waals surface area contributed by atoms with Gasteiger partial charge in [0.05, 0.1) is 6.54 Å². The molecular formula is C22H38N4O. The average molecular weight is 375 g/mol. The summed E-state index contributed by atoms with van der Waals surface area (Å²) >= 11 is 0. The second-order valence-corrected chi connectivity index (χ2v) is 8.28. The minimum absolute atomic E-state index is 0.213. The van der Waals surface area contributed by atoms with E-state index in [0.29, 0.717) is 12.6 Å². The summed E-state index contributed by atoms with van der Waals surface area (Å²) in [5, 5.41) is 7.02. The van der Waals surface area contributed by atoms with Gasteiger partial charge in [-0.2, -0.15) is 0 Å². The summed E-state index contributed by atoms with van der Waals surface area (Å²) in [6.07, 6.45) is 3.58. The molecule has 1 fully saturated rings. The van der Waals surface area contributed by atoms with Gasteiger partial charge < -0.3 is 20.3 Å². The van der Waals surface area contributed by atoms with Crippen molar-refractivity contribution in [2.75, 3.05) is 26.2 Å². The summed E-state index contributed by atoms with van der Waals surface area (Å²) in [6, 6.07) is 8.68. The highest BCUT2D eigenvalue weighted by Gasteiger charge is 2.19. The van der Waals surface area contributed by atoms with Crippen LogP contribution in [0.15, 0.2) is 29.3 Å². The van der Waals surface area contributed by atoms with Crippen LogP contribution >= 0.6 is 0 Å². The zero-order chi connectivity index (χ0) is 19.7. The zero-order valence-electron chi connectivity index (χ0n) is 17.8. The van der Waals surface area contributed by atoms with Gasteiger partial charge in [-0.3, -0.25) is 0 Å². The molecule has 2 N–H and O–H groups in total. The van der Waals surface area contributed by atoms with Crippen LogP contribution in [0, 0.1) is 0 Å². The predicted molar refractivity (Wildman–Crippen MR) is 115 cm³/mol. The van der Waals surface area contributed by atoms with Gasteiger partial charge in [0.25, 0.3) is 0 Å². The van der Waals surface area contributed by atoms with Gasteiger partial charge in [0.15, 0.2) is 5.96 Å². The van der Waals surface area contributed by atoms with E-state index in [2.05, 4.69) is 56.2 Å². The van der Waals surface area contributed by atoms with Crippen LogP contribution in [0.1, 0.15) is 59.4 Å². The van der Waals surface area contributed by atoms with Crippen molar-refractivity contribution in [3.8, 4) is 5.75 Å². The minimum Gasteiger partial charge on any atom is -0.488 e. The van der Waals surface area contributed by atoms with Crippen molar-refractivity contribution in [2.24, 2.45) is 4.99 Å². The van der Waals surface area contributed by atoms with Crippen LogP contribution < -0.4 is 15.4 Å². The number of guanidine groups is 1. The molecule has 0 saturated carbocycles. The smallest absolute Gasteiger partial charge is 0.191 e. The molecule has 0 bridgehead atoms. The SMILES string of the molecule is CCCN1CCC(NC(=NCc2ccccc2OC(C)(C)C)NCC)CC1. The maximum absolute atomic E-state index is 6.09. The first-order chi connectivity index (χ1) is 12.9. The second-order valence-electron chi connectivity index (χ2n) is 8.28. The second kappa shape index (κ2) is 10.5. The van der Waals surface area contributed by atoms with E-state index >= 15 is 0 Å². The van der Waals surface area contributed by atoms with Crippen LogP contribution in [0.5, 0.6) is 5.75 Å². The van der Waals surface area contributed by atoms with E-state index in [1.807, 2.05) is 18.2 Å². The molecule has 1 aromatic rings. The van der Waals surface area contributed by atoms with Gasteiger partial charge in [-0.05, 0) is 59.6 Å². The Balaban J connectivity index is 1.98. The van der Waals surface area contributed by atoms with E-state index < -0.39 is 0 Å². The van der Waals surface area contributed by atoms with Crippen LogP contribution in [0.3, 0.4) is 0 Å². The summed E-state index contributed by atoms with van der Waals surface area (Å²) in [5.74, 6) is 1.81. The normalized spacial score (nSPS) is 17.0. The quantitative estimate of drug-likeness (QED) is 0.563. The van der Waals surface area contributed by atoms with E-state index in [1.54, 1.807) is 0 Å². The molecule has 2 rings (SSSR count). The molecule has 1 saturated heterocycles. The maximum Gasteiger partial charge on any atom is 0.191 e. The van der Waals surface area contributed by atoms with Crippen LogP contribution in [0.4, 0.5) is 0 Å². The zero-order valence-corrected chi connectivity index (χ0v) is 17.8. The van der Waals surface area contributed by atoms with E-state index in [-0.39, 0.29) is 5.60 Å². The van der Waals surface area contributed by atoms with Crippen molar-refractivity contribution >= 4 is 5.96 Å². The fraction of sp³-hybridized carbons (Fsp3) is 0.682. The molecule has 0 aromatic heterocycles. The first-order valence-electron chi connectivity index (χ1n) is 10.5. The van der Waals surface area contributed by atoms with Crippen molar-refractivity contribution in [2.45, 2.75) is 72.1 Å². The minimum atomic E-state index is -0.213. The lowest BCUT2D eigenvalue weighted by atomic mass is 10.1. The maximum atomic E-state index is 6.09. The fourth-order valence-electron chi connectivity index (χ4n) is 3.36. The molecule has 27 heavy (non-hydrogen) atoms. The Morgan fingerprint density at radius 3 is 2.52 bits per heavy atom. The Morgan fingerprint density at radius 1 is 1.19 bits per heavy atom. The third-order valence-electron chi connectivity index (χ3n) is 4.61. The number of hydrogen-bond donors (Lipinski definition) is 2. The number of nitrogens with zero attached hydrogens (tertiary/aromatic N) is 2. The summed E-state index contributed by atoms with van der Waals surface area (Å²) in [4.78, 5) is 7.38. The highest BCUT2D eigenvalue weighted by Crippen LogP contribution is 2.23. The molecule has 0 amide bonds. The lowest BCUT2D eigenvalue weighted by Gasteiger charge is -2.32. The number of ether oxygens (including phenoxy) is 1. The summed E-state index contributed by atoms with van der Waals surface area (Å²) in [6.45, 7) is 15.6. The van der Waals surface area contributed by atoms with Gasteiger partial charge >= 0.3 is 0 Å². The van der Waals surface area contributed by atoms with Crippen LogP contribution in [-0.2, 0) is 6.54 Å². The average Bonchev–Trinajstić information content (AvgIpc) is 2.61. The number of para-hydroxylation sites is 1. The summed E-state index contributed by atoms with van der Waals surface area (Å²) < 4.78 is 6.09. The molecule has 5 nitrogen and oxygen atoms in total. The molecule has 1 heterocycles. The third kappa shape index (κ3) is 7.79. The Bertz CT molecular complexity index is 586. The van der Waals surface area contributed by atoms with Crippen LogP contribution in [0.2, 0.25) is 0 Å². The van der Waals surface area contributed by atoms with E-state index in [1.165, 1.54) is 38.9 Å². The molecule has 0 unspecified atom stereocenters. The Hall–Kier alpha value is -1.75. The van der Waals surface area contributed by atoms with Gasteiger partial charge in [-0.1, -0.05) is 25.1 Å². The molecule has 5 heteroatoms. The number of likely N-dealkylation sites (tertiary alicyclic amines) is 1. The highest BCUT2D eigenvalue weighted by atomic mass is 16.5. The number of piperidine rings is 1. The molecule has 1 aliphatic heterocycles. The van der Waals surface area contributed by atoms with Crippen LogP contribution in [-0.4, -0.2) is 48.7 Å².